The molecule has 1 heterocycles. The molecule has 1 N–H and O–H groups in total. The van der Waals surface area contributed by atoms with Gasteiger partial charge < -0.3 is 10.1 Å². The van der Waals surface area contributed by atoms with Crippen LogP contribution in [0.3, 0.4) is 0 Å². The smallest absolute Gasteiger partial charge is 0.346 e. The zero-order chi connectivity index (χ0) is 18.7. The first-order chi connectivity index (χ1) is 12.4. The van der Waals surface area contributed by atoms with E-state index in [2.05, 4.69) is 10.4 Å². The van der Waals surface area contributed by atoms with Crippen LogP contribution in [0.5, 0.6) is 5.75 Å². The van der Waals surface area contributed by atoms with Crippen molar-refractivity contribution in [1.82, 2.24) is 9.78 Å². The lowest BCUT2D eigenvalue weighted by Gasteiger charge is -2.06. The molecule has 0 aliphatic carbocycles. The number of nitrogens with one attached hydrogen (secondary N) is 1. The third kappa shape index (κ3) is 3.92. The van der Waals surface area contributed by atoms with E-state index in [1.165, 1.54) is 31.5 Å². The molecule has 6 nitrogen and oxygen atoms in total. The van der Waals surface area contributed by atoms with Crippen molar-refractivity contribution in [3.8, 4) is 11.4 Å². The van der Waals surface area contributed by atoms with E-state index in [4.69, 9.17) is 4.74 Å². The van der Waals surface area contributed by atoms with Crippen LogP contribution in [0.4, 0.5) is 14.5 Å². The maximum atomic E-state index is 13.8. The second-order valence-electron chi connectivity index (χ2n) is 5.37. The van der Waals surface area contributed by atoms with E-state index in [-0.39, 0.29) is 22.9 Å². The van der Waals surface area contributed by atoms with E-state index in [1.54, 1.807) is 18.2 Å². The molecular weight excluding hydrogens is 344 g/mol. The van der Waals surface area contributed by atoms with Gasteiger partial charge in [-0.1, -0.05) is 6.07 Å². The van der Waals surface area contributed by atoms with Crippen molar-refractivity contribution < 1.29 is 23.1 Å². The highest BCUT2D eigenvalue weighted by Gasteiger charge is 2.14. The van der Waals surface area contributed by atoms with Crippen molar-refractivity contribution in [3.63, 3.8) is 0 Å². The maximum absolute atomic E-state index is 13.8. The summed E-state index contributed by atoms with van der Waals surface area (Å²) >= 11 is 0. The summed E-state index contributed by atoms with van der Waals surface area (Å²) in [5, 5.41) is 6.47. The predicted molar refractivity (Wildman–Crippen MR) is 89.2 cm³/mol. The standard InChI is InChI=1S/C18H13F2N3O3/c1-11(24)22-14-3-2-4-15(8-14)26-18(25)12-9-21-23(10-12)17-6-5-13(19)7-16(17)20/h2-10H,1H3,(H,22,24). The van der Waals surface area contributed by atoms with Gasteiger partial charge in [0.15, 0.2) is 5.82 Å². The third-order valence-corrected chi connectivity index (χ3v) is 3.34. The lowest BCUT2D eigenvalue weighted by molar-refractivity contribution is -0.114. The van der Waals surface area contributed by atoms with Crippen molar-refractivity contribution >= 4 is 17.6 Å². The molecule has 1 amide bonds. The average Bonchev–Trinajstić information content (AvgIpc) is 3.04. The Morgan fingerprint density at radius 1 is 1.15 bits per heavy atom. The number of nitrogens with zero attached hydrogens (tertiary/aromatic N) is 2. The second-order valence-corrected chi connectivity index (χ2v) is 5.37. The van der Waals surface area contributed by atoms with E-state index in [1.807, 2.05) is 0 Å². The Balaban J connectivity index is 1.77. The topological polar surface area (TPSA) is 73.2 Å². The van der Waals surface area contributed by atoms with Gasteiger partial charge in [-0.25, -0.2) is 18.3 Å². The van der Waals surface area contributed by atoms with Crippen molar-refractivity contribution in [2.75, 3.05) is 5.32 Å². The fraction of sp³-hybridized carbons (Fsp3) is 0.0556. The molecule has 0 fully saturated rings. The molecule has 0 atom stereocenters. The van der Waals surface area contributed by atoms with Crippen LogP contribution < -0.4 is 10.1 Å². The molecule has 8 heteroatoms. The molecule has 0 saturated heterocycles. The molecule has 132 valence electrons. The molecule has 0 radical (unpaired) electrons. The molecule has 3 rings (SSSR count). The third-order valence-electron chi connectivity index (χ3n) is 3.34. The number of anilines is 1. The zero-order valence-corrected chi connectivity index (χ0v) is 13.6. The molecule has 0 spiro atoms. The van der Waals surface area contributed by atoms with Gasteiger partial charge in [0.25, 0.3) is 0 Å². The molecule has 3 aromatic rings. The first-order valence-corrected chi connectivity index (χ1v) is 7.52. The number of aromatic nitrogens is 2. The molecule has 0 aliphatic rings. The number of amides is 1. The monoisotopic (exact) mass is 357 g/mol. The van der Waals surface area contributed by atoms with Gasteiger partial charge in [0.05, 0.1) is 11.8 Å². The number of halogens is 2. The summed E-state index contributed by atoms with van der Waals surface area (Å²) in [7, 11) is 0. The predicted octanol–water partition coefficient (Wildman–Crippen LogP) is 3.33. The Bertz CT molecular complexity index is 985. The van der Waals surface area contributed by atoms with Gasteiger partial charge in [-0.15, -0.1) is 0 Å². The highest BCUT2D eigenvalue weighted by molar-refractivity contribution is 5.91. The number of carbonyl (C=O) groups excluding carboxylic acids is 2. The molecular formula is C18H13F2N3O3. The lowest BCUT2D eigenvalue weighted by atomic mass is 10.3. The number of hydrogen-bond donors (Lipinski definition) is 1. The van der Waals surface area contributed by atoms with Crippen molar-refractivity contribution in [3.05, 3.63) is 72.1 Å². The Hall–Kier alpha value is -3.55. The summed E-state index contributed by atoms with van der Waals surface area (Å²) in [5.74, 6) is -2.26. The quantitative estimate of drug-likeness (QED) is 0.574. The van der Waals surface area contributed by atoms with Crippen molar-refractivity contribution in [1.29, 1.82) is 0 Å². The summed E-state index contributed by atoms with van der Waals surface area (Å²) in [6.07, 6.45) is 2.49. The maximum Gasteiger partial charge on any atom is 0.346 e. The molecule has 2 aromatic carbocycles. The molecule has 0 aliphatic heterocycles. The molecule has 0 unspecified atom stereocenters. The van der Waals surface area contributed by atoms with Crippen molar-refractivity contribution in [2.24, 2.45) is 0 Å². The van der Waals surface area contributed by atoms with Gasteiger partial charge in [0, 0.05) is 30.9 Å². The summed E-state index contributed by atoms with van der Waals surface area (Å²) in [6, 6.07) is 9.33. The minimum atomic E-state index is -0.809. The van der Waals surface area contributed by atoms with E-state index in [0.717, 1.165) is 16.8 Å². The molecule has 0 saturated carbocycles. The largest absolute Gasteiger partial charge is 0.423 e. The van der Waals surface area contributed by atoms with Gasteiger partial charge in [0.2, 0.25) is 5.91 Å². The van der Waals surface area contributed by atoms with Crippen LogP contribution in [0, 0.1) is 11.6 Å². The van der Waals surface area contributed by atoms with Crippen LogP contribution in [-0.4, -0.2) is 21.7 Å². The summed E-state index contributed by atoms with van der Waals surface area (Å²) in [5.41, 5.74) is 0.559. The number of hydrogen-bond acceptors (Lipinski definition) is 4. The Morgan fingerprint density at radius 2 is 1.96 bits per heavy atom. The van der Waals surface area contributed by atoms with E-state index in [0.29, 0.717) is 5.69 Å². The SMILES string of the molecule is CC(=O)Nc1cccc(OC(=O)c2cnn(-c3ccc(F)cc3F)c2)c1. The molecule has 0 bridgehead atoms. The normalized spacial score (nSPS) is 10.4. The van der Waals surface area contributed by atoms with E-state index >= 15 is 0 Å². The summed E-state index contributed by atoms with van der Waals surface area (Å²) < 4.78 is 33.1. The highest BCUT2D eigenvalue weighted by atomic mass is 19.1. The number of ether oxygens (including phenoxy) is 1. The van der Waals surface area contributed by atoms with Crippen LogP contribution in [0.2, 0.25) is 0 Å². The van der Waals surface area contributed by atoms with E-state index in [9.17, 15) is 18.4 Å². The van der Waals surface area contributed by atoms with Crippen LogP contribution in [0.15, 0.2) is 54.9 Å². The molecule has 26 heavy (non-hydrogen) atoms. The van der Waals surface area contributed by atoms with Crippen molar-refractivity contribution in [2.45, 2.75) is 6.92 Å². The minimum Gasteiger partial charge on any atom is -0.423 e. The van der Waals surface area contributed by atoms with Crippen LogP contribution in [-0.2, 0) is 4.79 Å². The molecule has 1 aromatic heterocycles. The zero-order valence-electron chi connectivity index (χ0n) is 13.6. The van der Waals surface area contributed by atoms with Crippen LogP contribution in [0.25, 0.3) is 5.69 Å². The number of esters is 1. The van der Waals surface area contributed by atoms with E-state index < -0.39 is 17.6 Å². The van der Waals surface area contributed by atoms with Gasteiger partial charge in [-0.2, -0.15) is 5.10 Å². The first-order valence-electron chi connectivity index (χ1n) is 7.52. The summed E-state index contributed by atoms with van der Waals surface area (Å²) in [4.78, 5) is 23.3. The number of carbonyl (C=O) groups is 2. The Labute approximate surface area is 147 Å². The van der Waals surface area contributed by atoms with Gasteiger partial charge in [-0.05, 0) is 24.3 Å². The lowest BCUT2D eigenvalue weighted by Crippen LogP contribution is -2.09. The fourth-order valence-corrected chi connectivity index (χ4v) is 2.23. The summed E-state index contributed by atoms with van der Waals surface area (Å²) in [6.45, 7) is 1.36. The van der Waals surface area contributed by atoms with Gasteiger partial charge in [0.1, 0.15) is 17.3 Å². The van der Waals surface area contributed by atoms with Crippen LogP contribution >= 0.6 is 0 Å². The average molecular weight is 357 g/mol. The Morgan fingerprint density at radius 3 is 2.69 bits per heavy atom. The van der Waals surface area contributed by atoms with Gasteiger partial charge >= 0.3 is 5.97 Å². The van der Waals surface area contributed by atoms with Gasteiger partial charge in [-0.3, -0.25) is 4.79 Å². The number of rotatable bonds is 4. The fourth-order valence-electron chi connectivity index (χ4n) is 2.23. The Kier molecular flexibility index (Phi) is 4.74. The highest BCUT2D eigenvalue weighted by Crippen LogP contribution is 2.19. The number of benzene rings is 2. The second kappa shape index (κ2) is 7.14. The van der Waals surface area contributed by atoms with Crippen LogP contribution in [0.1, 0.15) is 17.3 Å². The minimum absolute atomic E-state index is 0.00175. The first kappa shape index (κ1) is 17.3.